The molecule has 0 saturated carbocycles. The zero-order chi connectivity index (χ0) is 17.0. The second-order valence-electron chi connectivity index (χ2n) is 5.52. The van der Waals surface area contributed by atoms with Crippen molar-refractivity contribution in [3.8, 4) is 0 Å². The zero-order valence-electron chi connectivity index (χ0n) is 14.0. The Morgan fingerprint density at radius 1 is 1.30 bits per heavy atom. The minimum Gasteiger partial charge on any atom is -0.267 e. The van der Waals surface area contributed by atoms with E-state index >= 15 is 0 Å². The van der Waals surface area contributed by atoms with Gasteiger partial charge in [0.2, 0.25) is 0 Å². The Kier molecular flexibility index (Phi) is 5.26. The first-order valence-electron chi connectivity index (χ1n) is 7.83. The molecule has 1 N–H and O–H groups in total. The van der Waals surface area contributed by atoms with Gasteiger partial charge in [0.1, 0.15) is 0 Å². The highest BCUT2D eigenvalue weighted by Gasteiger charge is 2.16. The Hall–Kier alpha value is -2.50. The summed E-state index contributed by atoms with van der Waals surface area (Å²) in [7, 11) is 0. The smallest absolute Gasteiger partial charge is 0.267 e. The number of benzene rings is 1. The molecule has 1 heterocycles. The molecule has 0 fully saturated rings. The van der Waals surface area contributed by atoms with Crippen LogP contribution in [0.2, 0.25) is 0 Å². The quantitative estimate of drug-likeness (QED) is 0.680. The summed E-state index contributed by atoms with van der Waals surface area (Å²) in [4.78, 5) is 24.7. The number of amides is 1. The number of carbonyl (C=O) groups is 1. The van der Waals surface area contributed by atoms with E-state index in [1.165, 1.54) is 4.68 Å². The Morgan fingerprint density at radius 3 is 2.57 bits per heavy atom. The van der Waals surface area contributed by atoms with Gasteiger partial charge in [-0.3, -0.25) is 9.59 Å². The molecule has 1 aromatic carbocycles. The summed E-state index contributed by atoms with van der Waals surface area (Å²) in [6.07, 6.45) is 0.951. The number of fused-ring (bicyclic) bond motifs is 1. The Bertz CT molecular complexity index is 808. The third kappa shape index (κ3) is 3.47. The van der Waals surface area contributed by atoms with E-state index in [0.29, 0.717) is 23.2 Å². The van der Waals surface area contributed by atoms with Crippen molar-refractivity contribution in [3.63, 3.8) is 0 Å². The highest BCUT2D eigenvalue weighted by Crippen LogP contribution is 2.13. The normalized spacial score (nSPS) is 13.1. The molecule has 23 heavy (non-hydrogen) atoms. The number of aromatic nitrogens is 2. The monoisotopic (exact) mass is 314 g/mol. The lowest BCUT2D eigenvalue weighted by atomic mass is 10.1. The van der Waals surface area contributed by atoms with Crippen molar-refractivity contribution in [2.45, 2.75) is 40.7 Å². The summed E-state index contributed by atoms with van der Waals surface area (Å²) in [6.45, 7) is 8.22. The third-order valence-electron chi connectivity index (χ3n) is 4.04. The van der Waals surface area contributed by atoms with Gasteiger partial charge in [-0.25, -0.2) is 10.1 Å². The van der Waals surface area contributed by atoms with Crippen LogP contribution in [0, 0.1) is 5.92 Å². The molecule has 0 saturated heterocycles. The fourth-order valence-corrected chi connectivity index (χ4v) is 2.21. The molecule has 0 aliphatic rings. The van der Waals surface area contributed by atoms with Crippen LogP contribution in [0.25, 0.3) is 10.8 Å². The van der Waals surface area contributed by atoms with E-state index in [-0.39, 0.29) is 11.3 Å². The number of rotatable bonds is 5. The second-order valence-corrected chi connectivity index (χ2v) is 5.52. The van der Waals surface area contributed by atoms with Crippen molar-refractivity contribution in [2.24, 2.45) is 11.0 Å². The molecule has 1 amide bonds. The van der Waals surface area contributed by atoms with Gasteiger partial charge in [-0.15, -0.1) is 0 Å². The van der Waals surface area contributed by atoms with E-state index in [4.69, 9.17) is 0 Å². The molecule has 0 spiro atoms. The highest BCUT2D eigenvalue weighted by molar-refractivity contribution is 6.05. The largest absolute Gasteiger partial charge is 0.292 e. The van der Waals surface area contributed by atoms with Gasteiger partial charge in [0.25, 0.3) is 11.5 Å². The average Bonchev–Trinajstić information content (AvgIpc) is 2.59. The van der Waals surface area contributed by atoms with Gasteiger partial charge >= 0.3 is 0 Å². The predicted molar refractivity (Wildman–Crippen MR) is 91.7 cm³/mol. The third-order valence-corrected chi connectivity index (χ3v) is 4.04. The van der Waals surface area contributed by atoms with Gasteiger partial charge in [0.05, 0.1) is 5.39 Å². The number of nitrogens with zero attached hydrogens (tertiary/aromatic N) is 3. The van der Waals surface area contributed by atoms with Crippen molar-refractivity contribution in [3.05, 3.63) is 40.3 Å². The number of hydrazone groups is 1. The predicted octanol–water partition coefficient (Wildman–Crippen LogP) is 2.57. The van der Waals surface area contributed by atoms with Crippen LogP contribution in [0.15, 0.2) is 34.2 Å². The maximum absolute atomic E-state index is 12.5. The fourth-order valence-electron chi connectivity index (χ4n) is 2.21. The lowest BCUT2D eigenvalue weighted by molar-refractivity contribution is 0.0949. The second kappa shape index (κ2) is 7.17. The summed E-state index contributed by atoms with van der Waals surface area (Å²) in [5, 5.41) is 9.35. The first kappa shape index (κ1) is 16.9. The van der Waals surface area contributed by atoms with Gasteiger partial charge in [0, 0.05) is 17.6 Å². The maximum Gasteiger partial charge on any atom is 0.292 e. The highest BCUT2D eigenvalue weighted by atomic mass is 16.2. The van der Waals surface area contributed by atoms with Gasteiger partial charge in [-0.05, 0) is 32.3 Å². The molecule has 0 unspecified atom stereocenters. The van der Waals surface area contributed by atoms with E-state index in [1.807, 2.05) is 13.8 Å². The molecule has 0 bridgehead atoms. The van der Waals surface area contributed by atoms with E-state index in [2.05, 4.69) is 29.5 Å². The Morgan fingerprint density at radius 2 is 1.96 bits per heavy atom. The van der Waals surface area contributed by atoms with Crippen molar-refractivity contribution in [1.82, 2.24) is 15.2 Å². The first-order valence-corrected chi connectivity index (χ1v) is 7.83. The van der Waals surface area contributed by atoms with Gasteiger partial charge in [-0.1, -0.05) is 32.0 Å². The molecule has 2 aromatic rings. The summed E-state index contributed by atoms with van der Waals surface area (Å²) in [5.74, 6) is -0.115. The lowest BCUT2D eigenvalue weighted by Gasteiger charge is -2.10. The Labute approximate surface area is 135 Å². The lowest BCUT2D eigenvalue weighted by Crippen LogP contribution is -2.29. The molecular formula is C17H22N4O2. The molecule has 0 radical (unpaired) electrons. The number of hydrogen-bond donors (Lipinski definition) is 1. The van der Waals surface area contributed by atoms with E-state index < -0.39 is 5.91 Å². The topological polar surface area (TPSA) is 76.3 Å². The molecule has 0 aliphatic heterocycles. The molecule has 122 valence electrons. The molecule has 0 aliphatic carbocycles. The number of aryl methyl sites for hydroxylation is 1. The summed E-state index contributed by atoms with van der Waals surface area (Å²) >= 11 is 0. The van der Waals surface area contributed by atoms with Gasteiger partial charge in [-0.2, -0.15) is 10.2 Å². The molecule has 6 heteroatoms. The van der Waals surface area contributed by atoms with Gasteiger partial charge in [0.15, 0.2) is 5.69 Å². The van der Waals surface area contributed by atoms with Crippen LogP contribution in [-0.4, -0.2) is 21.4 Å². The van der Waals surface area contributed by atoms with Crippen LogP contribution in [0.5, 0.6) is 0 Å². The maximum atomic E-state index is 12.5. The summed E-state index contributed by atoms with van der Waals surface area (Å²) in [6, 6.07) is 6.99. The summed E-state index contributed by atoms with van der Waals surface area (Å²) < 4.78 is 1.29. The van der Waals surface area contributed by atoms with Crippen LogP contribution in [-0.2, 0) is 6.54 Å². The van der Waals surface area contributed by atoms with Crippen molar-refractivity contribution in [2.75, 3.05) is 0 Å². The van der Waals surface area contributed by atoms with E-state index in [0.717, 1.165) is 12.1 Å². The zero-order valence-corrected chi connectivity index (χ0v) is 14.0. The SMILES string of the molecule is CC[C@H](C)/C(C)=N\NC(=O)c1nn(CC)c(=O)c2ccccc12. The number of hydrogen-bond acceptors (Lipinski definition) is 4. The molecule has 2 rings (SSSR count). The first-order chi connectivity index (χ1) is 11.0. The molecule has 6 nitrogen and oxygen atoms in total. The van der Waals surface area contributed by atoms with Crippen LogP contribution in [0.3, 0.4) is 0 Å². The number of nitrogens with one attached hydrogen (secondary N) is 1. The summed E-state index contributed by atoms with van der Waals surface area (Å²) in [5.41, 5.74) is 3.42. The minimum atomic E-state index is -0.411. The standard InChI is InChI=1S/C17H22N4O2/c1-5-11(3)12(4)18-19-16(22)15-13-9-7-8-10-14(13)17(23)21(6-2)20-15/h7-11H,5-6H2,1-4H3,(H,19,22)/b18-12-/t11-/m0/s1. The molecular weight excluding hydrogens is 292 g/mol. The minimum absolute atomic E-state index is 0.195. The Balaban J connectivity index is 2.45. The van der Waals surface area contributed by atoms with E-state index in [9.17, 15) is 9.59 Å². The molecule has 1 atom stereocenters. The van der Waals surface area contributed by atoms with Crippen LogP contribution >= 0.6 is 0 Å². The van der Waals surface area contributed by atoms with Crippen molar-refractivity contribution in [1.29, 1.82) is 0 Å². The fraction of sp³-hybridized carbons (Fsp3) is 0.412. The van der Waals surface area contributed by atoms with Crippen LogP contribution in [0.1, 0.15) is 44.6 Å². The van der Waals surface area contributed by atoms with Crippen LogP contribution < -0.4 is 11.0 Å². The van der Waals surface area contributed by atoms with Crippen molar-refractivity contribution < 1.29 is 4.79 Å². The van der Waals surface area contributed by atoms with E-state index in [1.54, 1.807) is 24.3 Å². The van der Waals surface area contributed by atoms with Gasteiger partial charge < -0.3 is 0 Å². The number of carbonyl (C=O) groups excluding carboxylic acids is 1. The van der Waals surface area contributed by atoms with Crippen LogP contribution in [0.4, 0.5) is 0 Å². The average molecular weight is 314 g/mol. The van der Waals surface area contributed by atoms with Crippen molar-refractivity contribution >= 4 is 22.4 Å². The molecule has 1 aromatic heterocycles.